The highest BCUT2D eigenvalue weighted by Crippen LogP contribution is 2.55. The molecule has 6 heterocycles. The van der Waals surface area contributed by atoms with Crippen LogP contribution in [0.25, 0.3) is 11.0 Å². The van der Waals surface area contributed by atoms with Gasteiger partial charge in [0.2, 0.25) is 6.79 Å². The van der Waals surface area contributed by atoms with E-state index < -0.39 is 49.6 Å². The van der Waals surface area contributed by atoms with Crippen molar-refractivity contribution >= 4 is 44.0 Å². The second-order valence-corrected chi connectivity index (χ2v) is 20.3. The topological polar surface area (TPSA) is 190 Å². The monoisotopic (exact) mass is 923 g/mol. The van der Waals surface area contributed by atoms with Gasteiger partial charge in [-0.15, -0.1) is 0 Å². The van der Waals surface area contributed by atoms with Crippen LogP contribution in [0.2, 0.25) is 0 Å². The molecule has 10 rings (SSSR count). The van der Waals surface area contributed by atoms with E-state index in [0.717, 1.165) is 69.0 Å². The zero-order chi connectivity index (χ0) is 45.7. The number of aromatic nitrogens is 2. The number of nitrogens with one attached hydrogen (secondary N) is 3. The first kappa shape index (κ1) is 43.9. The van der Waals surface area contributed by atoms with Crippen LogP contribution in [-0.4, -0.2) is 86.3 Å². The molecule has 18 heteroatoms. The van der Waals surface area contributed by atoms with E-state index >= 15 is 4.39 Å². The van der Waals surface area contributed by atoms with Crippen molar-refractivity contribution in [1.29, 1.82) is 0 Å². The molecule has 0 radical (unpaired) electrons. The van der Waals surface area contributed by atoms with Gasteiger partial charge < -0.3 is 34.1 Å². The van der Waals surface area contributed by atoms with Crippen LogP contribution in [0, 0.1) is 27.3 Å². The lowest BCUT2D eigenvalue weighted by molar-refractivity contribution is -0.384. The van der Waals surface area contributed by atoms with Crippen molar-refractivity contribution in [2.45, 2.75) is 88.1 Å². The molecule has 4 fully saturated rings. The van der Waals surface area contributed by atoms with E-state index in [0.29, 0.717) is 56.5 Å². The first-order valence-electron chi connectivity index (χ1n) is 22.9. The number of halogens is 1. The average Bonchev–Trinajstić information content (AvgIpc) is 4.10. The number of ether oxygens (including phenoxy) is 4. The van der Waals surface area contributed by atoms with Crippen molar-refractivity contribution in [3.8, 4) is 23.0 Å². The summed E-state index contributed by atoms with van der Waals surface area (Å²) >= 11 is 0. The fourth-order valence-corrected chi connectivity index (χ4v) is 11.9. The maximum Gasteiger partial charge on any atom is 0.297 e. The third-order valence-electron chi connectivity index (χ3n) is 14.3. The molecule has 5 aliphatic rings. The number of amides is 1. The zero-order valence-electron chi connectivity index (χ0n) is 37.0. The summed E-state index contributed by atoms with van der Waals surface area (Å²) in [5, 5.41) is 16.2. The van der Waals surface area contributed by atoms with Gasteiger partial charge in [0, 0.05) is 68.6 Å². The highest BCUT2D eigenvalue weighted by atomic mass is 32.2. The van der Waals surface area contributed by atoms with Crippen molar-refractivity contribution in [2.75, 3.05) is 56.4 Å². The predicted molar refractivity (Wildman–Crippen MR) is 245 cm³/mol. The molecule has 5 aromatic rings. The number of aromatic amines is 1. The minimum atomic E-state index is -4.90. The molecule has 1 saturated carbocycles. The SMILES string of the molecule is CC(C)c1ccccc1[C@@H]1CCCN1C1CC2(CCN(c3cc(Oc4cnc5[nH]ccc5c4)c(C(=O)NS(=O)(=O)c4cc([N+](=O)[O-])c(NCC5CCOCC5)c5c4OCO5)cc3F)CC2)C1. The Balaban J connectivity index is 0.889. The molecule has 2 aromatic heterocycles. The minimum absolute atomic E-state index is 0.0325. The molecule has 0 unspecified atom stereocenters. The fraction of sp³-hybridized carbons (Fsp3) is 0.458. The Morgan fingerprint density at radius 1 is 1.05 bits per heavy atom. The zero-order valence-corrected chi connectivity index (χ0v) is 37.8. The number of carbonyl (C=O) groups excluding carboxylic acids is 1. The van der Waals surface area contributed by atoms with E-state index in [2.05, 4.69) is 58.3 Å². The Morgan fingerprint density at radius 2 is 1.82 bits per heavy atom. The van der Waals surface area contributed by atoms with Gasteiger partial charge in [0.15, 0.2) is 17.2 Å². The Hall–Kier alpha value is -5.98. The summed E-state index contributed by atoms with van der Waals surface area (Å²) in [6.07, 6.45) is 10.9. The minimum Gasteiger partial charge on any atom is -0.455 e. The molecule has 3 saturated heterocycles. The Kier molecular flexibility index (Phi) is 11.8. The summed E-state index contributed by atoms with van der Waals surface area (Å²) in [6, 6.07) is 16.5. The maximum absolute atomic E-state index is 16.5. The molecule has 1 atom stereocenters. The summed E-state index contributed by atoms with van der Waals surface area (Å²) in [5.74, 6) is -1.67. The lowest BCUT2D eigenvalue weighted by Gasteiger charge is -2.56. The summed E-state index contributed by atoms with van der Waals surface area (Å²) in [5.41, 5.74) is 2.83. The van der Waals surface area contributed by atoms with Crippen molar-refractivity contribution in [2.24, 2.45) is 11.3 Å². The van der Waals surface area contributed by atoms with Crippen LogP contribution in [0.5, 0.6) is 23.0 Å². The van der Waals surface area contributed by atoms with Gasteiger partial charge in [-0.2, -0.15) is 0 Å². The van der Waals surface area contributed by atoms with Gasteiger partial charge >= 0.3 is 0 Å². The lowest BCUT2D eigenvalue weighted by atomic mass is 9.59. The molecule has 3 N–H and O–H groups in total. The summed E-state index contributed by atoms with van der Waals surface area (Å²) in [4.78, 5) is 37.2. The number of nitro groups is 1. The maximum atomic E-state index is 16.5. The van der Waals surface area contributed by atoms with E-state index in [1.54, 1.807) is 18.3 Å². The third-order valence-corrected chi connectivity index (χ3v) is 15.7. The normalized spacial score (nSPS) is 19.9. The molecule has 1 spiro atoms. The number of hydrogen-bond acceptors (Lipinski definition) is 13. The van der Waals surface area contributed by atoms with Crippen LogP contribution >= 0.6 is 0 Å². The van der Waals surface area contributed by atoms with E-state index in [1.807, 2.05) is 9.62 Å². The molecule has 1 amide bonds. The molecule has 3 aromatic carbocycles. The van der Waals surface area contributed by atoms with Crippen molar-refractivity contribution < 1.29 is 41.5 Å². The Bertz CT molecular complexity index is 2780. The molecular formula is C48H54FN7O9S. The number of hydrogen-bond donors (Lipinski definition) is 3. The molecule has 0 bridgehead atoms. The highest BCUT2D eigenvalue weighted by Gasteiger charge is 2.50. The van der Waals surface area contributed by atoms with Gasteiger partial charge in [-0.3, -0.25) is 19.8 Å². The van der Waals surface area contributed by atoms with Crippen molar-refractivity contribution in [3.05, 3.63) is 99.6 Å². The number of rotatable bonds is 13. The summed E-state index contributed by atoms with van der Waals surface area (Å²) in [6.45, 7) is 7.87. The van der Waals surface area contributed by atoms with Crippen LogP contribution in [0.1, 0.15) is 98.7 Å². The average molecular weight is 924 g/mol. The van der Waals surface area contributed by atoms with Gasteiger partial charge in [-0.05, 0) is 104 Å². The van der Waals surface area contributed by atoms with Crippen LogP contribution in [0.15, 0.2) is 71.9 Å². The molecular weight excluding hydrogens is 870 g/mol. The van der Waals surface area contributed by atoms with Gasteiger partial charge in [0.05, 0.1) is 22.4 Å². The Labute approximate surface area is 382 Å². The van der Waals surface area contributed by atoms with Gasteiger partial charge in [-0.1, -0.05) is 38.1 Å². The second kappa shape index (κ2) is 17.7. The van der Waals surface area contributed by atoms with E-state index in [1.165, 1.54) is 29.8 Å². The lowest BCUT2D eigenvalue weighted by Crippen LogP contribution is -2.55. The van der Waals surface area contributed by atoms with E-state index in [-0.39, 0.29) is 45.7 Å². The number of H-pyrrole nitrogens is 1. The number of nitrogens with zero attached hydrogens (tertiary/aromatic N) is 4. The summed E-state index contributed by atoms with van der Waals surface area (Å²) < 4.78 is 69.5. The molecule has 66 heavy (non-hydrogen) atoms. The number of sulfonamides is 1. The van der Waals surface area contributed by atoms with Crippen molar-refractivity contribution in [3.63, 3.8) is 0 Å². The predicted octanol–water partition coefficient (Wildman–Crippen LogP) is 8.80. The van der Waals surface area contributed by atoms with Gasteiger partial charge in [0.1, 0.15) is 27.9 Å². The van der Waals surface area contributed by atoms with E-state index in [4.69, 9.17) is 18.9 Å². The number of anilines is 2. The quantitative estimate of drug-likeness (QED) is 0.0751. The molecule has 348 valence electrons. The fourth-order valence-electron chi connectivity index (χ4n) is 10.8. The summed E-state index contributed by atoms with van der Waals surface area (Å²) in [7, 11) is -4.90. The highest BCUT2D eigenvalue weighted by molar-refractivity contribution is 7.90. The van der Waals surface area contributed by atoms with Gasteiger partial charge in [0.25, 0.3) is 21.6 Å². The number of carbonyl (C=O) groups is 1. The third kappa shape index (κ3) is 8.38. The standard InChI is InChI=1S/C48H54FN7O9S/c1-29(2)34-6-3-4-7-35(34)38-8-5-15-55(38)32-24-48(25-32)12-16-54(17-13-48)39-22-41(65-33-20-31-9-14-50-46(31)52-27-33)36(21-37(39)49)47(57)53-66(60,61)42-23-40(56(58)59)43(45-44(42)63-28-64-45)51-26-30-10-18-62-19-11-30/h3-4,6-7,9,14,20-23,27,29-30,32,38,51H,5,8,10-13,15-19,24-26,28H2,1-2H3,(H,50,52)(H,53,57)/t38-/m0/s1. The van der Waals surface area contributed by atoms with Crippen LogP contribution in [-0.2, 0) is 14.8 Å². The molecule has 16 nitrogen and oxygen atoms in total. The van der Waals surface area contributed by atoms with Crippen LogP contribution < -0.4 is 29.1 Å². The molecule has 4 aliphatic heterocycles. The number of likely N-dealkylation sites (tertiary alicyclic amines) is 1. The largest absolute Gasteiger partial charge is 0.455 e. The Morgan fingerprint density at radius 3 is 2.59 bits per heavy atom. The second-order valence-electron chi connectivity index (χ2n) is 18.7. The molecule has 1 aliphatic carbocycles. The number of fused-ring (bicyclic) bond motifs is 2. The number of nitro benzene ring substituents is 1. The van der Waals surface area contributed by atoms with Crippen LogP contribution in [0.3, 0.4) is 0 Å². The van der Waals surface area contributed by atoms with Gasteiger partial charge in [-0.25, -0.2) is 22.5 Å². The van der Waals surface area contributed by atoms with Crippen LogP contribution in [0.4, 0.5) is 21.5 Å². The first-order valence-corrected chi connectivity index (χ1v) is 24.4. The van der Waals surface area contributed by atoms with Crippen molar-refractivity contribution in [1.82, 2.24) is 19.6 Å². The number of piperidine rings is 1. The number of pyridine rings is 1. The number of benzene rings is 3. The first-order chi connectivity index (χ1) is 31.9. The van der Waals surface area contributed by atoms with E-state index in [9.17, 15) is 23.3 Å². The smallest absolute Gasteiger partial charge is 0.297 e.